The maximum atomic E-state index is 9.83. The molecular formula is C14H23NO5. The fourth-order valence-electron chi connectivity index (χ4n) is 2.08. The van der Waals surface area contributed by atoms with Crippen molar-refractivity contribution in [3.05, 3.63) is 29.3 Å². The lowest BCUT2D eigenvalue weighted by Crippen LogP contribution is -2.57. The molecule has 0 bridgehead atoms. The molecule has 0 heterocycles. The molecule has 0 aliphatic carbocycles. The zero-order valence-corrected chi connectivity index (χ0v) is 12.0. The molecule has 0 aliphatic heterocycles. The monoisotopic (exact) mass is 285 g/mol. The number of rotatable bonds is 6. The lowest BCUT2D eigenvalue weighted by molar-refractivity contribution is -0.374. The Balaban J connectivity index is 3.08. The van der Waals surface area contributed by atoms with Gasteiger partial charge in [-0.1, -0.05) is 25.5 Å². The SMILES string of the molecule is CCCc1ccc(O)c(CN(C(C)(O)O)C(C)(O)O)c1. The van der Waals surface area contributed by atoms with Crippen molar-refractivity contribution in [1.82, 2.24) is 4.90 Å². The lowest BCUT2D eigenvalue weighted by Gasteiger charge is -2.39. The van der Waals surface area contributed by atoms with Gasteiger partial charge in [-0.2, -0.15) is 4.90 Å². The Hall–Kier alpha value is -1.18. The number of aromatic hydroxyl groups is 1. The fraction of sp³-hybridized carbons (Fsp3) is 0.571. The third-order valence-electron chi connectivity index (χ3n) is 3.03. The van der Waals surface area contributed by atoms with Crippen LogP contribution in [0.2, 0.25) is 0 Å². The van der Waals surface area contributed by atoms with Gasteiger partial charge in [-0.15, -0.1) is 0 Å². The van der Waals surface area contributed by atoms with Gasteiger partial charge in [0.25, 0.3) is 0 Å². The predicted molar refractivity (Wildman–Crippen MR) is 73.3 cm³/mol. The number of hydrogen-bond donors (Lipinski definition) is 5. The summed E-state index contributed by atoms with van der Waals surface area (Å²) < 4.78 is 0. The van der Waals surface area contributed by atoms with Crippen molar-refractivity contribution in [3.8, 4) is 5.75 Å². The van der Waals surface area contributed by atoms with Gasteiger partial charge in [0.2, 0.25) is 11.8 Å². The van der Waals surface area contributed by atoms with Crippen molar-refractivity contribution < 1.29 is 25.5 Å². The third-order valence-corrected chi connectivity index (χ3v) is 3.03. The summed E-state index contributed by atoms with van der Waals surface area (Å²) in [5.74, 6) is -4.92. The van der Waals surface area contributed by atoms with E-state index in [1.54, 1.807) is 12.1 Å². The highest BCUT2D eigenvalue weighted by molar-refractivity contribution is 5.36. The summed E-state index contributed by atoms with van der Waals surface area (Å²) in [6.45, 7) is 3.83. The third kappa shape index (κ3) is 4.43. The van der Waals surface area contributed by atoms with Crippen LogP contribution < -0.4 is 0 Å². The zero-order valence-electron chi connectivity index (χ0n) is 12.0. The molecule has 20 heavy (non-hydrogen) atoms. The Morgan fingerprint density at radius 3 is 2.05 bits per heavy atom. The molecule has 0 radical (unpaired) electrons. The topological polar surface area (TPSA) is 104 Å². The lowest BCUT2D eigenvalue weighted by atomic mass is 10.0. The molecule has 114 valence electrons. The minimum Gasteiger partial charge on any atom is -0.508 e. The van der Waals surface area contributed by atoms with Crippen LogP contribution in [-0.2, 0) is 13.0 Å². The van der Waals surface area contributed by atoms with E-state index in [9.17, 15) is 25.5 Å². The number of phenolic OH excluding ortho intramolecular Hbond substituents is 1. The predicted octanol–water partition coefficient (Wildman–Crippen LogP) is 0.463. The van der Waals surface area contributed by atoms with Gasteiger partial charge in [0.05, 0.1) is 0 Å². The minimum absolute atomic E-state index is 0.0386. The number of phenols is 1. The Kier molecular flexibility index (Phi) is 5.12. The average Bonchev–Trinajstić information content (AvgIpc) is 2.26. The van der Waals surface area contributed by atoms with Gasteiger partial charge in [0.1, 0.15) is 5.75 Å². The first-order valence-corrected chi connectivity index (χ1v) is 6.53. The molecular weight excluding hydrogens is 262 g/mol. The van der Waals surface area contributed by atoms with Gasteiger partial charge < -0.3 is 25.5 Å². The number of aliphatic hydroxyl groups is 4. The molecule has 6 heteroatoms. The van der Waals surface area contributed by atoms with E-state index in [2.05, 4.69) is 0 Å². The van der Waals surface area contributed by atoms with Crippen molar-refractivity contribution >= 4 is 0 Å². The van der Waals surface area contributed by atoms with Crippen molar-refractivity contribution in [1.29, 1.82) is 0 Å². The number of aryl methyl sites for hydroxylation is 1. The van der Waals surface area contributed by atoms with Gasteiger partial charge in [-0.25, -0.2) is 0 Å². The van der Waals surface area contributed by atoms with E-state index in [0.717, 1.165) is 32.3 Å². The van der Waals surface area contributed by atoms with E-state index in [1.165, 1.54) is 6.07 Å². The van der Waals surface area contributed by atoms with Gasteiger partial charge in [0.15, 0.2) is 0 Å². The first-order valence-electron chi connectivity index (χ1n) is 6.53. The highest BCUT2D eigenvalue weighted by Crippen LogP contribution is 2.26. The van der Waals surface area contributed by atoms with Crippen molar-refractivity contribution in [3.63, 3.8) is 0 Å². The van der Waals surface area contributed by atoms with Crippen LogP contribution in [0.25, 0.3) is 0 Å². The summed E-state index contributed by atoms with van der Waals surface area (Å²) in [6.07, 6.45) is 1.75. The molecule has 0 fully saturated rings. The molecule has 1 rings (SSSR count). The van der Waals surface area contributed by atoms with Crippen molar-refractivity contribution in [2.75, 3.05) is 0 Å². The molecule has 6 nitrogen and oxygen atoms in total. The first-order chi connectivity index (χ1) is 9.05. The van der Waals surface area contributed by atoms with E-state index in [1.807, 2.05) is 6.92 Å². The van der Waals surface area contributed by atoms with Crippen LogP contribution in [0.15, 0.2) is 18.2 Å². The van der Waals surface area contributed by atoms with E-state index in [4.69, 9.17) is 0 Å². The van der Waals surface area contributed by atoms with E-state index >= 15 is 0 Å². The van der Waals surface area contributed by atoms with Gasteiger partial charge in [-0.05, 0) is 18.1 Å². The Labute approximate surface area is 118 Å². The largest absolute Gasteiger partial charge is 0.508 e. The van der Waals surface area contributed by atoms with Crippen molar-refractivity contribution in [2.45, 2.75) is 52.0 Å². The molecule has 0 spiro atoms. The summed E-state index contributed by atoms with van der Waals surface area (Å²) in [4.78, 5) is 0.658. The second kappa shape index (κ2) is 6.07. The smallest absolute Gasteiger partial charge is 0.226 e. The molecule has 0 saturated carbocycles. The minimum atomic E-state index is -2.44. The zero-order chi connectivity index (χ0) is 15.6. The van der Waals surface area contributed by atoms with E-state index < -0.39 is 11.8 Å². The number of hydrogen-bond acceptors (Lipinski definition) is 6. The van der Waals surface area contributed by atoms with Crippen LogP contribution in [0, 0.1) is 0 Å². The van der Waals surface area contributed by atoms with Crippen molar-refractivity contribution in [2.24, 2.45) is 0 Å². The molecule has 1 aromatic carbocycles. The summed E-state index contributed by atoms with van der Waals surface area (Å²) in [5.41, 5.74) is 1.37. The van der Waals surface area contributed by atoms with Gasteiger partial charge in [0, 0.05) is 26.0 Å². The highest BCUT2D eigenvalue weighted by atomic mass is 16.6. The van der Waals surface area contributed by atoms with Crippen LogP contribution in [-0.4, -0.2) is 42.3 Å². The second-order valence-electron chi connectivity index (χ2n) is 5.24. The Morgan fingerprint density at radius 2 is 1.60 bits per heavy atom. The quantitative estimate of drug-likeness (QED) is 0.487. The maximum absolute atomic E-state index is 9.83. The second-order valence-corrected chi connectivity index (χ2v) is 5.24. The van der Waals surface area contributed by atoms with Crippen LogP contribution in [0.1, 0.15) is 38.3 Å². The summed E-state index contributed by atoms with van der Waals surface area (Å²) in [6, 6.07) is 5.00. The van der Waals surface area contributed by atoms with Gasteiger partial charge in [-0.3, -0.25) is 0 Å². The molecule has 1 aromatic rings. The first kappa shape index (κ1) is 16.9. The highest BCUT2D eigenvalue weighted by Gasteiger charge is 2.39. The maximum Gasteiger partial charge on any atom is 0.226 e. The molecule has 5 N–H and O–H groups in total. The van der Waals surface area contributed by atoms with E-state index in [-0.39, 0.29) is 12.3 Å². The fourth-order valence-corrected chi connectivity index (χ4v) is 2.08. The Bertz CT molecular complexity index is 434. The van der Waals surface area contributed by atoms with Crippen LogP contribution in [0.5, 0.6) is 5.75 Å². The average molecular weight is 285 g/mol. The molecule has 0 aromatic heterocycles. The molecule has 0 saturated heterocycles. The van der Waals surface area contributed by atoms with Gasteiger partial charge >= 0.3 is 0 Å². The van der Waals surface area contributed by atoms with Crippen LogP contribution in [0.3, 0.4) is 0 Å². The van der Waals surface area contributed by atoms with E-state index in [0.29, 0.717) is 10.5 Å². The number of benzene rings is 1. The molecule has 0 atom stereocenters. The number of nitrogens with zero attached hydrogens (tertiary/aromatic N) is 1. The summed E-state index contributed by atoms with van der Waals surface area (Å²) >= 11 is 0. The standard InChI is InChI=1S/C14H23NO5/c1-4-5-10-6-7-12(16)11(8-10)9-15(13(2,17)18)14(3,19)20/h6-8,16-20H,4-5,9H2,1-3H3. The molecule has 0 amide bonds. The Morgan fingerprint density at radius 1 is 1.05 bits per heavy atom. The van der Waals surface area contributed by atoms with Crippen LogP contribution in [0.4, 0.5) is 0 Å². The molecule has 0 aliphatic rings. The van der Waals surface area contributed by atoms with Crippen LogP contribution >= 0.6 is 0 Å². The molecule has 0 unspecified atom stereocenters. The summed E-state index contributed by atoms with van der Waals surface area (Å²) in [7, 11) is 0. The normalized spacial score (nSPS) is 13.0. The summed E-state index contributed by atoms with van der Waals surface area (Å²) in [5, 5.41) is 48.3.